The predicted octanol–water partition coefficient (Wildman–Crippen LogP) is 6.95. The van der Waals surface area contributed by atoms with Crippen molar-refractivity contribution in [2.24, 2.45) is 5.92 Å². The highest BCUT2D eigenvalue weighted by molar-refractivity contribution is 5.58. The Morgan fingerprint density at radius 2 is 1.58 bits per heavy atom. The number of nitrogens with zero attached hydrogens (tertiary/aromatic N) is 2. The van der Waals surface area contributed by atoms with Gasteiger partial charge < -0.3 is 0 Å². The van der Waals surface area contributed by atoms with Crippen LogP contribution < -0.4 is 0 Å². The maximum atomic E-state index is 4.58. The summed E-state index contributed by atoms with van der Waals surface area (Å²) in [6, 6.07) is 13.3. The number of hydrogen-bond donors (Lipinski definition) is 0. The third-order valence-electron chi connectivity index (χ3n) is 5.97. The molecule has 140 valence electrons. The number of hydrogen-bond acceptors (Lipinski definition) is 2. The summed E-state index contributed by atoms with van der Waals surface area (Å²) >= 11 is 0. The van der Waals surface area contributed by atoms with Crippen molar-refractivity contribution in [3.05, 3.63) is 47.7 Å². The van der Waals surface area contributed by atoms with E-state index >= 15 is 0 Å². The number of aryl methyl sites for hydroxylation is 1. The van der Waals surface area contributed by atoms with Crippen LogP contribution >= 0.6 is 0 Å². The van der Waals surface area contributed by atoms with Crippen LogP contribution in [0.4, 0.5) is 0 Å². The van der Waals surface area contributed by atoms with Gasteiger partial charge in [0.25, 0.3) is 0 Å². The maximum absolute atomic E-state index is 4.58. The maximum Gasteiger partial charge on any atom is 0.0929 e. The van der Waals surface area contributed by atoms with Crippen molar-refractivity contribution in [1.29, 1.82) is 0 Å². The normalized spacial score (nSPS) is 20.2. The summed E-state index contributed by atoms with van der Waals surface area (Å²) in [5, 5.41) is 9.12. The van der Waals surface area contributed by atoms with Gasteiger partial charge in [-0.3, -0.25) is 0 Å². The van der Waals surface area contributed by atoms with Crippen molar-refractivity contribution in [1.82, 2.24) is 10.2 Å². The van der Waals surface area contributed by atoms with Gasteiger partial charge in [0.1, 0.15) is 0 Å². The van der Waals surface area contributed by atoms with Crippen molar-refractivity contribution < 1.29 is 0 Å². The van der Waals surface area contributed by atoms with Gasteiger partial charge in [-0.15, -0.1) is 0 Å². The third kappa shape index (κ3) is 5.16. The molecule has 1 aliphatic carbocycles. The summed E-state index contributed by atoms with van der Waals surface area (Å²) in [7, 11) is 0. The van der Waals surface area contributed by atoms with Crippen LogP contribution in [-0.4, -0.2) is 10.2 Å². The van der Waals surface area contributed by atoms with E-state index in [2.05, 4.69) is 60.4 Å². The zero-order chi connectivity index (χ0) is 18.2. The Balaban J connectivity index is 1.57. The molecule has 0 aliphatic heterocycles. The molecule has 2 nitrogen and oxygen atoms in total. The van der Waals surface area contributed by atoms with Gasteiger partial charge in [-0.05, 0) is 62.1 Å². The number of aromatic nitrogens is 2. The van der Waals surface area contributed by atoms with E-state index in [1.54, 1.807) is 0 Å². The van der Waals surface area contributed by atoms with Gasteiger partial charge in [0, 0.05) is 11.5 Å². The molecule has 1 saturated carbocycles. The van der Waals surface area contributed by atoms with Crippen molar-refractivity contribution in [2.75, 3.05) is 0 Å². The van der Waals surface area contributed by atoms with Crippen molar-refractivity contribution >= 4 is 0 Å². The van der Waals surface area contributed by atoms with Gasteiger partial charge >= 0.3 is 0 Å². The van der Waals surface area contributed by atoms with Crippen molar-refractivity contribution in [3.63, 3.8) is 0 Å². The van der Waals surface area contributed by atoms with E-state index in [0.29, 0.717) is 5.92 Å². The molecule has 1 aliphatic rings. The SMILES string of the molecule is CCCCCc1ccc(-c2ccc([C@H]3CC[C@H](CCC)CC3)nn2)cc1. The molecular weight excluding hydrogens is 316 g/mol. The Kier molecular flexibility index (Phi) is 7.22. The molecule has 1 aromatic heterocycles. The minimum atomic E-state index is 0.616. The van der Waals surface area contributed by atoms with Crippen molar-refractivity contribution in [2.45, 2.75) is 84.0 Å². The highest BCUT2D eigenvalue weighted by Gasteiger charge is 2.23. The molecular formula is C24H34N2. The molecule has 0 saturated heterocycles. The molecule has 0 spiro atoms. The summed E-state index contributed by atoms with van der Waals surface area (Å²) in [6.45, 7) is 4.55. The highest BCUT2D eigenvalue weighted by Crippen LogP contribution is 2.36. The van der Waals surface area contributed by atoms with E-state index in [-0.39, 0.29) is 0 Å². The molecule has 1 fully saturated rings. The third-order valence-corrected chi connectivity index (χ3v) is 5.97. The second-order valence-electron chi connectivity index (χ2n) is 8.00. The van der Waals surface area contributed by atoms with Crippen LogP contribution in [0.15, 0.2) is 36.4 Å². The number of unbranched alkanes of at least 4 members (excludes halogenated alkanes) is 2. The van der Waals surface area contributed by atoms with Gasteiger partial charge in [-0.2, -0.15) is 10.2 Å². The lowest BCUT2D eigenvalue weighted by Gasteiger charge is -2.27. The quantitative estimate of drug-likeness (QED) is 0.481. The summed E-state index contributed by atoms with van der Waals surface area (Å²) in [4.78, 5) is 0. The molecule has 0 unspecified atom stereocenters. The predicted molar refractivity (Wildman–Crippen MR) is 110 cm³/mol. The Morgan fingerprint density at radius 1 is 0.808 bits per heavy atom. The zero-order valence-corrected chi connectivity index (χ0v) is 16.6. The van der Waals surface area contributed by atoms with Crippen LogP contribution in [0, 0.1) is 5.92 Å². The zero-order valence-electron chi connectivity index (χ0n) is 16.6. The van der Waals surface area contributed by atoms with Gasteiger partial charge in [0.2, 0.25) is 0 Å². The Hall–Kier alpha value is -1.70. The minimum Gasteiger partial charge on any atom is -0.155 e. The molecule has 2 aromatic rings. The Bertz CT molecular complexity index is 637. The average molecular weight is 351 g/mol. The van der Waals surface area contributed by atoms with E-state index in [1.165, 1.54) is 81.0 Å². The van der Waals surface area contributed by atoms with Crippen LogP contribution in [0.3, 0.4) is 0 Å². The first-order valence-electron chi connectivity index (χ1n) is 10.7. The molecule has 0 amide bonds. The minimum absolute atomic E-state index is 0.616. The molecule has 2 heteroatoms. The summed E-state index contributed by atoms with van der Waals surface area (Å²) < 4.78 is 0. The summed E-state index contributed by atoms with van der Waals surface area (Å²) in [5.41, 5.74) is 4.79. The fourth-order valence-electron chi connectivity index (χ4n) is 4.29. The second-order valence-corrected chi connectivity index (χ2v) is 8.00. The summed E-state index contributed by atoms with van der Waals surface area (Å²) in [5.74, 6) is 1.56. The lowest BCUT2D eigenvalue weighted by Crippen LogP contribution is -2.14. The van der Waals surface area contributed by atoms with Crippen LogP contribution in [0.2, 0.25) is 0 Å². The van der Waals surface area contributed by atoms with Gasteiger partial charge in [0.15, 0.2) is 0 Å². The largest absolute Gasteiger partial charge is 0.155 e. The first-order chi connectivity index (χ1) is 12.8. The topological polar surface area (TPSA) is 25.8 Å². The van der Waals surface area contributed by atoms with Gasteiger partial charge in [-0.25, -0.2) is 0 Å². The smallest absolute Gasteiger partial charge is 0.0929 e. The van der Waals surface area contributed by atoms with Gasteiger partial charge in [0.05, 0.1) is 11.4 Å². The van der Waals surface area contributed by atoms with Crippen LogP contribution in [-0.2, 0) is 6.42 Å². The van der Waals surface area contributed by atoms with Crippen LogP contribution in [0.1, 0.15) is 88.8 Å². The fraction of sp³-hybridized carbons (Fsp3) is 0.583. The first kappa shape index (κ1) is 19.1. The van der Waals surface area contributed by atoms with E-state index in [0.717, 1.165) is 11.6 Å². The average Bonchev–Trinajstić information content (AvgIpc) is 2.70. The molecule has 26 heavy (non-hydrogen) atoms. The monoisotopic (exact) mass is 350 g/mol. The molecule has 0 bridgehead atoms. The van der Waals surface area contributed by atoms with E-state index in [4.69, 9.17) is 0 Å². The van der Waals surface area contributed by atoms with Gasteiger partial charge in [-0.1, -0.05) is 63.8 Å². The van der Waals surface area contributed by atoms with Crippen LogP contribution in [0.5, 0.6) is 0 Å². The lowest BCUT2D eigenvalue weighted by molar-refractivity contribution is 0.304. The molecule has 1 heterocycles. The van der Waals surface area contributed by atoms with Crippen molar-refractivity contribution in [3.8, 4) is 11.3 Å². The second kappa shape index (κ2) is 9.85. The number of benzene rings is 1. The standard InChI is InChI=1S/C24H34N2/c1-3-5-6-8-20-11-15-22(16-12-20)24-18-17-23(25-26-24)21-13-9-19(7-4-2)10-14-21/h11-12,15-19,21H,3-10,13-14H2,1-2H3/t19-,21-. The highest BCUT2D eigenvalue weighted by atomic mass is 15.1. The number of rotatable bonds is 8. The van der Waals surface area contributed by atoms with E-state index < -0.39 is 0 Å². The molecule has 3 rings (SSSR count). The summed E-state index contributed by atoms with van der Waals surface area (Å²) in [6.07, 6.45) is 13.1. The van der Waals surface area contributed by atoms with E-state index in [9.17, 15) is 0 Å². The molecule has 0 N–H and O–H groups in total. The lowest BCUT2D eigenvalue weighted by atomic mass is 9.79. The first-order valence-corrected chi connectivity index (χ1v) is 10.7. The molecule has 0 atom stereocenters. The molecule has 0 radical (unpaired) electrons. The van der Waals surface area contributed by atoms with Crippen LogP contribution in [0.25, 0.3) is 11.3 Å². The molecule has 1 aromatic carbocycles. The Morgan fingerprint density at radius 3 is 2.19 bits per heavy atom. The van der Waals surface area contributed by atoms with E-state index in [1.807, 2.05) is 0 Å². The Labute approximate surface area is 159 Å². The fourth-order valence-corrected chi connectivity index (χ4v) is 4.29.